The molecule has 1 N–H and O–H groups in total. The first-order valence-corrected chi connectivity index (χ1v) is 9.32. The molecule has 3 heterocycles. The fourth-order valence-electron chi connectivity index (χ4n) is 4.75. The van der Waals surface area contributed by atoms with Gasteiger partial charge in [-0.1, -0.05) is 42.5 Å². The maximum absolute atomic E-state index is 12.0. The van der Waals surface area contributed by atoms with Crippen LogP contribution in [0.4, 0.5) is 0 Å². The summed E-state index contributed by atoms with van der Waals surface area (Å²) in [5.74, 6) is 1.68. The lowest BCUT2D eigenvalue weighted by Gasteiger charge is -2.51. The van der Waals surface area contributed by atoms with Crippen molar-refractivity contribution in [1.82, 2.24) is 4.90 Å². The van der Waals surface area contributed by atoms with Crippen molar-refractivity contribution in [2.75, 3.05) is 26.7 Å². The van der Waals surface area contributed by atoms with Gasteiger partial charge >= 0.3 is 0 Å². The minimum absolute atomic E-state index is 0.266. The average molecular weight is 337 g/mol. The second-order valence-corrected chi connectivity index (χ2v) is 7.56. The van der Waals surface area contributed by atoms with E-state index in [1.54, 1.807) is 7.11 Å². The molecular formula is C22H27NO2. The van der Waals surface area contributed by atoms with Crippen molar-refractivity contribution in [1.29, 1.82) is 0 Å². The first kappa shape index (κ1) is 16.6. The van der Waals surface area contributed by atoms with Crippen LogP contribution in [0.1, 0.15) is 24.0 Å². The molecule has 2 atom stereocenters. The zero-order valence-electron chi connectivity index (χ0n) is 14.9. The maximum atomic E-state index is 12.0. The predicted molar refractivity (Wildman–Crippen MR) is 99.7 cm³/mol. The van der Waals surface area contributed by atoms with Crippen LogP contribution in [-0.4, -0.2) is 36.8 Å². The number of ether oxygens (including phenoxy) is 1. The van der Waals surface area contributed by atoms with Crippen LogP contribution in [0.5, 0.6) is 5.75 Å². The summed E-state index contributed by atoms with van der Waals surface area (Å²) in [6.07, 6.45) is 3.05. The fraction of sp³-hybridized carbons (Fsp3) is 0.455. The van der Waals surface area contributed by atoms with Gasteiger partial charge in [0, 0.05) is 18.9 Å². The van der Waals surface area contributed by atoms with Crippen LogP contribution in [0.15, 0.2) is 54.6 Å². The third-order valence-corrected chi connectivity index (χ3v) is 6.16. The molecule has 5 rings (SSSR count). The summed E-state index contributed by atoms with van der Waals surface area (Å²) < 4.78 is 5.43. The van der Waals surface area contributed by atoms with E-state index >= 15 is 0 Å². The van der Waals surface area contributed by atoms with E-state index in [4.69, 9.17) is 4.74 Å². The third-order valence-electron chi connectivity index (χ3n) is 6.16. The second kappa shape index (κ2) is 6.81. The number of piperidine rings is 3. The van der Waals surface area contributed by atoms with Gasteiger partial charge in [0.25, 0.3) is 0 Å². The van der Waals surface area contributed by atoms with Gasteiger partial charge in [-0.2, -0.15) is 0 Å². The summed E-state index contributed by atoms with van der Waals surface area (Å²) in [5, 5.41) is 12.0. The Bertz CT molecular complexity index is 709. The Morgan fingerprint density at radius 2 is 1.84 bits per heavy atom. The Morgan fingerprint density at radius 1 is 1.08 bits per heavy atom. The van der Waals surface area contributed by atoms with Gasteiger partial charge in [0.1, 0.15) is 5.75 Å². The number of nitrogens with zero attached hydrogens (tertiary/aromatic N) is 1. The zero-order valence-corrected chi connectivity index (χ0v) is 14.9. The fourth-order valence-corrected chi connectivity index (χ4v) is 4.75. The largest absolute Gasteiger partial charge is 0.497 e. The van der Waals surface area contributed by atoms with Crippen LogP contribution >= 0.6 is 0 Å². The lowest BCUT2D eigenvalue weighted by molar-refractivity contribution is -0.101. The van der Waals surface area contributed by atoms with Crippen LogP contribution in [0.25, 0.3) is 0 Å². The third kappa shape index (κ3) is 3.19. The molecule has 0 saturated carbocycles. The first-order chi connectivity index (χ1) is 12.2. The molecule has 3 aliphatic rings. The van der Waals surface area contributed by atoms with Crippen molar-refractivity contribution in [2.45, 2.75) is 24.9 Å². The van der Waals surface area contributed by atoms with E-state index in [0.29, 0.717) is 12.3 Å². The number of aliphatic hydroxyl groups is 1. The van der Waals surface area contributed by atoms with E-state index in [1.807, 2.05) is 24.3 Å². The van der Waals surface area contributed by atoms with Gasteiger partial charge in [-0.15, -0.1) is 0 Å². The molecule has 0 aliphatic carbocycles. The average Bonchev–Trinajstić information content (AvgIpc) is 2.69. The highest BCUT2D eigenvalue weighted by Crippen LogP contribution is 2.45. The highest BCUT2D eigenvalue weighted by atomic mass is 16.5. The van der Waals surface area contributed by atoms with Gasteiger partial charge < -0.3 is 14.7 Å². The Morgan fingerprint density at radius 3 is 2.48 bits per heavy atom. The molecule has 0 amide bonds. The van der Waals surface area contributed by atoms with Crippen LogP contribution in [-0.2, 0) is 12.0 Å². The molecular weight excluding hydrogens is 310 g/mol. The molecule has 2 aromatic carbocycles. The highest BCUT2D eigenvalue weighted by molar-refractivity contribution is 5.35. The minimum Gasteiger partial charge on any atom is -0.497 e. The van der Waals surface area contributed by atoms with Gasteiger partial charge in [-0.25, -0.2) is 0 Å². The number of methoxy groups -OCH3 is 1. The van der Waals surface area contributed by atoms with E-state index in [1.165, 1.54) is 31.5 Å². The Labute approximate surface area is 150 Å². The Kier molecular flexibility index (Phi) is 4.53. The van der Waals surface area contributed by atoms with Crippen molar-refractivity contribution < 1.29 is 9.84 Å². The summed E-state index contributed by atoms with van der Waals surface area (Å²) in [5.41, 5.74) is 1.30. The summed E-state index contributed by atoms with van der Waals surface area (Å²) in [6.45, 7) is 3.35. The van der Waals surface area contributed by atoms with Crippen molar-refractivity contribution in [3.63, 3.8) is 0 Å². The summed E-state index contributed by atoms with van der Waals surface area (Å²) >= 11 is 0. The maximum Gasteiger partial charge on any atom is 0.119 e. The topological polar surface area (TPSA) is 32.7 Å². The summed E-state index contributed by atoms with van der Waals surface area (Å²) in [7, 11) is 1.68. The molecule has 3 fully saturated rings. The van der Waals surface area contributed by atoms with Crippen LogP contribution in [0, 0.1) is 11.8 Å². The van der Waals surface area contributed by atoms with Crippen molar-refractivity contribution in [3.8, 4) is 5.75 Å². The lowest BCUT2D eigenvalue weighted by Crippen LogP contribution is -2.55. The minimum atomic E-state index is -0.861. The molecule has 0 radical (unpaired) electrons. The quantitative estimate of drug-likeness (QED) is 0.907. The first-order valence-electron chi connectivity index (χ1n) is 9.32. The molecule has 3 nitrogen and oxygen atoms in total. The Hall–Kier alpha value is -1.84. The van der Waals surface area contributed by atoms with Gasteiger partial charge in [-0.05, 0) is 55.1 Å². The Balaban J connectivity index is 1.74. The standard InChI is InChI=1S/C22H27NO2/c1-25-20-9-5-8-19(14-20)22(24,15-17-6-3-2-4-7-17)21-16-23-12-10-18(21)11-13-23/h2-9,14,18,21,24H,10-13,15-16H2,1H3. The van der Waals surface area contributed by atoms with Crippen molar-refractivity contribution >= 4 is 0 Å². The van der Waals surface area contributed by atoms with E-state index in [0.717, 1.165) is 17.9 Å². The number of benzene rings is 2. The lowest BCUT2D eigenvalue weighted by atomic mass is 9.66. The van der Waals surface area contributed by atoms with Crippen molar-refractivity contribution in [3.05, 3.63) is 65.7 Å². The van der Waals surface area contributed by atoms with Gasteiger partial charge in [-0.3, -0.25) is 0 Å². The molecule has 132 valence electrons. The molecule has 3 aliphatic heterocycles. The summed E-state index contributed by atoms with van der Waals surface area (Å²) in [4.78, 5) is 2.51. The molecule has 2 bridgehead atoms. The van der Waals surface area contributed by atoms with Gasteiger partial charge in [0.15, 0.2) is 0 Å². The molecule has 2 aromatic rings. The number of hydrogen-bond acceptors (Lipinski definition) is 3. The molecule has 2 unspecified atom stereocenters. The van der Waals surface area contributed by atoms with E-state index in [9.17, 15) is 5.11 Å². The monoisotopic (exact) mass is 337 g/mol. The molecule has 0 aromatic heterocycles. The normalized spacial score (nSPS) is 27.7. The van der Waals surface area contributed by atoms with Crippen molar-refractivity contribution in [2.24, 2.45) is 11.8 Å². The predicted octanol–water partition coefficient (Wildman–Crippen LogP) is 3.47. The molecule has 25 heavy (non-hydrogen) atoms. The second-order valence-electron chi connectivity index (χ2n) is 7.56. The van der Waals surface area contributed by atoms with Crippen LogP contribution < -0.4 is 4.74 Å². The number of hydrogen-bond donors (Lipinski definition) is 1. The van der Waals surface area contributed by atoms with Crippen LogP contribution in [0.3, 0.4) is 0 Å². The van der Waals surface area contributed by atoms with E-state index in [-0.39, 0.29) is 5.92 Å². The van der Waals surface area contributed by atoms with Gasteiger partial charge in [0.2, 0.25) is 0 Å². The number of fused-ring (bicyclic) bond motifs is 3. The summed E-state index contributed by atoms with van der Waals surface area (Å²) in [6, 6.07) is 18.4. The molecule has 3 saturated heterocycles. The number of rotatable bonds is 5. The van der Waals surface area contributed by atoms with E-state index in [2.05, 4.69) is 35.2 Å². The van der Waals surface area contributed by atoms with E-state index < -0.39 is 5.60 Å². The molecule has 3 heteroatoms. The van der Waals surface area contributed by atoms with Crippen LogP contribution in [0.2, 0.25) is 0 Å². The smallest absolute Gasteiger partial charge is 0.119 e. The van der Waals surface area contributed by atoms with Gasteiger partial charge in [0.05, 0.1) is 12.7 Å². The SMILES string of the molecule is COc1cccc(C(O)(Cc2ccccc2)C2CN3CCC2CC3)c1. The highest BCUT2D eigenvalue weighted by Gasteiger charge is 2.47. The zero-order chi connectivity index (χ0) is 17.3. The molecule has 0 spiro atoms.